The van der Waals surface area contributed by atoms with Gasteiger partial charge in [-0.1, -0.05) is 18.2 Å². The monoisotopic (exact) mass is 411 g/mol. The number of benzene rings is 1. The van der Waals surface area contributed by atoms with Crippen LogP contribution in [-0.4, -0.2) is 63.1 Å². The van der Waals surface area contributed by atoms with E-state index in [1.54, 1.807) is 24.0 Å². The first-order valence-corrected chi connectivity index (χ1v) is 10.2. The SMILES string of the molecule is CCn1nc(C(C)C(=O)N2CCC3(CC2)NC(=O)N(C)C3=O)c2ccccc2c1=O. The summed E-state index contributed by atoms with van der Waals surface area (Å²) in [4.78, 5) is 53.0. The summed E-state index contributed by atoms with van der Waals surface area (Å²) < 4.78 is 1.38. The molecule has 2 aliphatic rings. The van der Waals surface area contributed by atoms with E-state index in [1.165, 1.54) is 11.7 Å². The van der Waals surface area contributed by atoms with Crippen LogP contribution in [0.3, 0.4) is 0 Å². The Morgan fingerprint density at radius 1 is 1.17 bits per heavy atom. The van der Waals surface area contributed by atoms with Gasteiger partial charge in [0.2, 0.25) is 5.91 Å². The van der Waals surface area contributed by atoms with Gasteiger partial charge in [-0.3, -0.25) is 19.3 Å². The Morgan fingerprint density at radius 3 is 2.37 bits per heavy atom. The largest absolute Gasteiger partial charge is 0.342 e. The zero-order valence-corrected chi connectivity index (χ0v) is 17.3. The molecule has 158 valence electrons. The number of imide groups is 1. The number of likely N-dealkylation sites (tertiary alicyclic amines) is 1. The molecule has 2 fully saturated rings. The van der Waals surface area contributed by atoms with E-state index in [-0.39, 0.29) is 17.4 Å². The van der Waals surface area contributed by atoms with Crippen molar-refractivity contribution < 1.29 is 14.4 Å². The number of piperidine rings is 1. The van der Waals surface area contributed by atoms with Crippen molar-refractivity contribution in [2.45, 2.75) is 44.7 Å². The molecule has 0 aliphatic carbocycles. The minimum atomic E-state index is -0.910. The Bertz CT molecular complexity index is 1100. The number of urea groups is 1. The van der Waals surface area contributed by atoms with Gasteiger partial charge in [0.15, 0.2) is 0 Å². The molecule has 1 unspecified atom stereocenters. The lowest BCUT2D eigenvalue weighted by Gasteiger charge is -2.38. The second-order valence-electron chi connectivity index (χ2n) is 7.98. The molecule has 1 N–H and O–H groups in total. The number of fused-ring (bicyclic) bond motifs is 1. The first-order valence-electron chi connectivity index (χ1n) is 10.2. The number of rotatable bonds is 3. The highest BCUT2D eigenvalue weighted by Gasteiger charge is 2.51. The zero-order chi connectivity index (χ0) is 21.6. The van der Waals surface area contributed by atoms with Crippen molar-refractivity contribution in [3.05, 3.63) is 40.3 Å². The highest BCUT2D eigenvalue weighted by atomic mass is 16.2. The Morgan fingerprint density at radius 2 is 1.80 bits per heavy atom. The molecule has 2 aromatic rings. The van der Waals surface area contributed by atoms with E-state index in [0.717, 1.165) is 4.90 Å². The van der Waals surface area contributed by atoms with Crippen LogP contribution < -0.4 is 10.9 Å². The van der Waals surface area contributed by atoms with Gasteiger partial charge in [0.05, 0.1) is 17.0 Å². The summed E-state index contributed by atoms with van der Waals surface area (Å²) in [7, 11) is 1.46. The minimum absolute atomic E-state index is 0.103. The van der Waals surface area contributed by atoms with Gasteiger partial charge in [-0.25, -0.2) is 9.48 Å². The maximum atomic E-state index is 13.3. The molecule has 1 aromatic carbocycles. The number of hydrogen-bond acceptors (Lipinski definition) is 5. The van der Waals surface area contributed by atoms with Crippen molar-refractivity contribution >= 4 is 28.6 Å². The van der Waals surface area contributed by atoms with Crippen molar-refractivity contribution in [3.8, 4) is 0 Å². The summed E-state index contributed by atoms with van der Waals surface area (Å²) in [6, 6.07) is 6.80. The summed E-state index contributed by atoms with van der Waals surface area (Å²) in [5.41, 5.74) is -0.509. The fraction of sp³-hybridized carbons (Fsp3) is 0.476. The third-order valence-corrected chi connectivity index (χ3v) is 6.27. The van der Waals surface area contributed by atoms with Crippen molar-refractivity contribution in [3.63, 3.8) is 0 Å². The Kier molecular flexibility index (Phi) is 4.83. The maximum absolute atomic E-state index is 13.3. The van der Waals surface area contributed by atoms with Gasteiger partial charge in [-0.2, -0.15) is 5.10 Å². The fourth-order valence-electron chi connectivity index (χ4n) is 4.39. The summed E-state index contributed by atoms with van der Waals surface area (Å²) in [6.45, 7) is 4.79. The lowest BCUT2D eigenvalue weighted by atomic mass is 9.87. The van der Waals surface area contributed by atoms with Gasteiger partial charge in [-0.15, -0.1) is 0 Å². The molecule has 0 saturated carbocycles. The topological polar surface area (TPSA) is 105 Å². The molecule has 9 nitrogen and oxygen atoms in total. The van der Waals surface area contributed by atoms with Crippen LogP contribution in [0.25, 0.3) is 10.8 Å². The number of aromatic nitrogens is 2. The molecular weight excluding hydrogens is 386 g/mol. The highest BCUT2D eigenvalue weighted by Crippen LogP contribution is 2.31. The van der Waals surface area contributed by atoms with Crippen LogP contribution >= 0.6 is 0 Å². The Hall–Kier alpha value is -3.23. The van der Waals surface area contributed by atoms with E-state index in [9.17, 15) is 19.2 Å². The third kappa shape index (κ3) is 2.96. The molecular formula is C21H25N5O4. The quantitative estimate of drug-likeness (QED) is 0.761. The first-order chi connectivity index (χ1) is 14.3. The van der Waals surface area contributed by atoms with Crippen LogP contribution in [0.2, 0.25) is 0 Å². The normalized spacial score (nSPS) is 19.4. The fourth-order valence-corrected chi connectivity index (χ4v) is 4.39. The number of nitrogens with one attached hydrogen (secondary N) is 1. The molecule has 2 aliphatic heterocycles. The molecule has 0 radical (unpaired) electrons. The number of amides is 4. The van der Waals surface area contributed by atoms with Gasteiger partial charge in [0.25, 0.3) is 11.5 Å². The van der Waals surface area contributed by atoms with Crippen LogP contribution in [0.15, 0.2) is 29.1 Å². The zero-order valence-electron chi connectivity index (χ0n) is 17.3. The molecule has 1 spiro atoms. The van der Waals surface area contributed by atoms with Crippen molar-refractivity contribution in [2.75, 3.05) is 20.1 Å². The average molecular weight is 411 g/mol. The standard InChI is InChI=1S/C21H25N5O4/c1-4-26-18(28)15-8-6-5-7-14(15)16(23-26)13(2)17(27)25-11-9-21(10-12-25)19(29)24(3)20(30)22-21/h5-8,13H,4,9-12H2,1-3H3,(H,22,30). The van der Waals surface area contributed by atoms with E-state index < -0.39 is 17.5 Å². The first kappa shape index (κ1) is 20.1. The molecule has 4 rings (SSSR count). The molecule has 30 heavy (non-hydrogen) atoms. The predicted molar refractivity (Wildman–Crippen MR) is 110 cm³/mol. The lowest BCUT2D eigenvalue weighted by molar-refractivity contribution is -0.138. The van der Waals surface area contributed by atoms with Gasteiger partial charge < -0.3 is 10.2 Å². The number of hydrogen-bond donors (Lipinski definition) is 1. The average Bonchev–Trinajstić information content (AvgIpc) is 2.97. The number of nitrogens with zero attached hydrogens (tertiary/aromatic N) is 4. The van der Waals surface area contributed by atoms with Crippen LogP contribution in [0.5, 0.6) is 0 Å². The minimum Gasteiger partial charge on any atom is -0.342 e. The molecule has 3 heterocycles. The van der Waals surface area contributed by atoms with E-state index in [2.05, 4.69) is 10.4 Å². The Balaban J connectivity index is 1.59. The second-order valence-corrected chi connectivity index (χ2v) is 7.98. The summed E-state index contributed by atoms with van der Waals surface area (Å²) in [5, 5.41) is 8.49. The lowest BCUT2D eigenvalue weighted by Crippen LogP contribution is -2.56. The van der Waals surface area contributed by atoms with E-state index in [1.807, 2.05) is 19.1 Å². The summed E-state index contributed by atoms with van der Waals surface area (Å²) in [6.07, 6.45) is 0.756. The molecule has 1 aromatic heterocycles. The van der Waals surface area contributed by atoms with Crippen molar-refractivity contribution in [1.29, 1.82) is 0 Å². The van der Waals surface area contributed by atoms with Gasteiger partial charge in [0.1, 0.15) is 5.54 Å². The Labute approximate surface area is 173 Å². The molecule has 1 atom stereocenters. The van der Waals surface area contributed by atoms with Gasteiger partial charge in [-0.05, 0) is 32.8 Å². The molecule has 4 amide bonds. The third-order valence-electron chi connectivity index (χ3n) is 6.27. The molecule has 9 heteroatoms. The van der Waals surface area contributed by atoms with E-state index in [4.69, 9.17) is 0 Å². The summed E-state index contributed by atoms with van der Waals surface area (Å²) >= 11 is 0. The number of carbonyl (C=O) groups excluding carboxylic acids is 3. The van der Waals surface area contributed by atoms with Crippen molar-refractivity contribution in [1.82, 2.24) is 24.9 Å². The smallest absolute Gasteiger partial charge is 0.324 e. The van der Waals surface area contributed by atoms with Crippen LogP contribution in [0.4, 0.5) is 4.79 Å². The molecule has 2 saturated heterocycles. The number of likely N-dealkylation sites (N-methyl/N-ethyl adjacent to an activating group) is 1. The van der Waals surface area contributed by atoms with Gasteiger partial charge in [0, 0.05) is 32.1 Å². The number of carbonyl (C=O) groups is 3. The van der Waals surface area contributed by atoms with Crippen molar-refractivity contribution in [2.24, 2.45) is 0 Å². The van der Waals surface area contributed by atoms with Crippen LogP contribution in [0, 0.1) is 0 Å². The molecule has 0 bridgehead atoms. The summed E-state index contributed by atoms with van der Waals surface area (Å²) in [5.74, 6) is -0.886. The van der Waals surface area contributed by atoms with Crippen LogP contribution in [0.1, 0.15) is 38.3 Å². The maximum Gasteiger partial charge on any atom is 0.324 e. The highest BCUT2D eigenvalue weighted by molar-refractivity contribution is 6.07. The second kappa shape index (κ2) is 7.23. The van der Waals surface area contributed by atoms with Crippen LogP contribution in [-0.2, 0) is 16.1 Å². The predicted octanol–water partition coefficient (Wildman–Crippen LogP) is 1.06. The van der Waals surface area contributed by atoms with E-state index >= 15 is 0 Å². The van der Waals surface area contributed by atoms with Gasteiger partial charge >= 0.3 is 6.03 Å². The number of aryl methyl sites for hydroxylation is 1. The van der Waals surface area contributed by atoms with E-state index in [0.29, 0.717) is 48.9 Å².